The number of hydrogen-bond acceptors (Lipinski definition) is 4. The number of nitrogens with one attached hydrogen (secondary N) is 2. The van der Waals surface area contributed by atoms with Gasteiger partial charge in [0.15, 0.2) is 11.5 Å². The molecule has 0 atom stereocenters. The molecule has 5 heteroatoms. The van der Waals surface area contributed by atoms with Crippen LogP contribution in [-0.4, -0.2) is 22.0 Å². The molecule has 2 heterocycles. The van der Waals surface area contributed by atoms with Gasteiger partial charge >= 0.3 is 0 Å². The first kappa shape index (κ1) is 11.0. The SMILES string of the molecule is CNCc1[nH]cnc1-c1ccc2oc(C)nc2c1. The molecule has 0 aliphatic carbocycles. The highest BCUT2D eigenvalue weighted by Crippen LogP contribution is 2.25. The number of aromatic amines is 1. The standard InChI is InChI=1S/C13H14N4O/c1-8-17-10-5-9(3-4-12(10)18-8)13-11(6-14-2)15-7-16-13/h3-5,7,14H,6H2,1-2H3,(H,15,16). The third-order valence-electron chi connectivity index (χ3n) is 2.84. The van der Waals surface area contributed by atoms with E-state index in [0.29, 0.717) is 5.89 Å². The minimum absolute atomic E-state index is 0.680. The number of aryl methyl sites for hydroxylation is 1. The van der Waals surface area contributed by atoms with Gasteiger partial charge in [-0.3, -0.25) is 0 Å². The van der Waals surface area contributed by atoms with Crippen LogP contribution in [0, 0.1) is 6.92 Å². The van der Waals surface area contributed by atoms with E-state index in [9.17, 15) is 0 Å². The molecular weight excluding hydrogens is 228 g/mol. The van der Waals surface area contributed by atoms with Crippen molar-refractivity contribution in [2.24, 2.45) is 0 Å². The molecule has 0 spiro atoms. The van der Waals surface area contributed by atoms with Crippen LogP contribution in [0.2, 0.25) is 0 Å². The van der Waals surface area contributed by atoms with E-state index in [1.165, 1.54) is 0 Å². The van der Waals surface area contributed by atoms with Crippen LogP contribution in [0.15, 0.2) is 28.9 Å². The molecule has 0 amide bonds. The monoisotopic (exact) mass is 242 g/mol. The number of H-pyrrole nitrogens is 1. The lowest BCUT2D eigenvalue weighted by Gasteiger charge is -2.01. The normalized spacial score (nSPS) is 11.2. The smallest absolute Gasteiger partial charge is 0.192 e. The van der Waals surface area contributed by atoms with Gasteiger partial charge in [0.05, 0.1) is 17.7 Å². The Morgan fingerprint density at radius 3 is 3.11 bits per heavy atom. The van der Waals surface area contributed by atoms with Gasteiger partial charge in [-0.1, -0.05) is 0 Å². The van der Waals surface area contributed by atoms with Gasteiger partial charge in [-0.05, 0) is 25.2 Å². The van der Waals surface area contributed by atoms with E-state index in [1.54, 1.807) is 6.33 Å². The summed E-state index contributed by atoms with van der Waals surface area (Å²) in [5.41, 5.74) is 4.73. The fourth-order valence-electron chi connectivity index (χ4n) is 2.07. The number of benzene rings is 1. The van der Waals surface area contributed by atoms with Crippen LogP contribution in [0.25, 0.3) is 22.4 Å². The number of aromatic nitrogens is 3. The highest BCUT2D eigenvalue weighted by molar-refractivity contribution is 5.79. The van der Waals surface area contributed by atoms with Crippen molar-refractivity contribution >= 4 is 11.1 Å². The van der Waals surface area contributed by atoms with E-state index in [0.717, 1.165) is 34.6 Å². The van der Waals surface area contributed by atoms with Crippen molar-refractivity contribution in [2.75, 3.05) is 7.05 Å². The van der Waals surface area contributed by atoms with Crippen LogP contribution >= 0.6 is 0 Å². The van der Waals surface area contributed by atoms with Crippen LogP contribution in [-0.2, 0) is 6.54 Å². The maximum atomic E-state index is 5.47. The Balaban J connectivity index is 2.10. The zero-order valence-electron chi connectivity index (χ0n) is 10.3. The quantitative estimate of drug-likeness (QED) is 0.739. The summed E-state index contributed by atoms with van der Waals surface area (Å²) >= 11 is 0. The highest BCUT2D eigenvalue weighted by Gasteiger charge is 2.10. The molecule has 92 valence electrons. The van der Waals surface area contributed by atoms with Gasteiger partial charge < -0.3 is 14.7 Å². The van der Waals surface area contributed by atoms with Crippen molar-refractivity contribution in [3.05, 3.63) is 36.1 Å². The molecule has 18 heavy (non-hydrogen) atoms. The lowest BCUT2D eigenvalue weighted by molar-refractivity contribution is 0.561. The maximum Gasteiger partial charge on any atom is 0.192 e. The van der Waals surface area contributed by atoms with Crippen molar-refractivity contribution in [1.82, 2.24) is 20.3 Å². The highest BCUT2D eigenvalue weighted by atomic mass is 16.3. The van der Waals surface area contributed by atoms with Crippen molar-refractivity contribution < 1.29 is 4.42 Å². The molecule has 2 aromatic heterocycles. The van der Waals surface area contributed by atoms with Gasteiger partial charge in [0.2, 0.25) is 0 Å². The lowest BCUT2D eigenvalue weighted by Crippen LogP contribution is -2.06. The van der Waals surface area contributed by atoms with E-state index in [1.807, 2.05) is 32.2 Å². The van der Waals surface area contributed by atoms with E-state index in [4.69, 9.17) is 4.42 Å². The molecule has 3 aromatic rings. The van der Waals surface area contributed by atoms with Crippen molar-refractivity contribution in [3.63, 3.8) is 0 Å². The summed E-state index contributed by atoms with van der Waals surface area (Å²) in [5, 5.41) is 3.12. The van der Waals surface area contributed by atoms with E-state index in [-0.39, 0.29) is 0 Å². The molecule has 0 saturated heterocycles. The number of fused-ring (bicyclic) bond motifs is 1. The second-order valence-electron chi connectivity index (χ2n) is 4.18. The van der Waals surface area contributed by atoms with Crippen LogP contribution < -0.4 is 5.32 Å². The van der Waals surface area contributed by atoms with Gasteiger partial charge in [0.1, 0.15) is 5.52 Å². The number of imidazole rings is 1. The summed E-state index contributed by atoms with van der Waals surface area (Å²) in [4.78, 5) is 11.8. The van der Waals surface area contributed by atoms with Crippen LogP contribution in [0.4, 0.5) is 0 Å². The van der Waals surface area contributed by atoms with Crippen LogP contribution in [0.5, 0.6) is 0 Å². The molecule has 0 unspecified atom stereocenters. The van der Waals surface area contributed by atoms with Gasteiger partial charge in [0, 0.05) is 19.0 Å². The van der Waals surface area contributed by atoms with Crippen molar-refractivity contribution in [2.45, 2.75) is 13.5 Å². The number of hydrogen-bond donors (Lipinski definition) is 2. The van der Waals surface area contributed by atoms with Crippen molar-refractivity contribution in [3.8, 4) is 11.3 Å². The molecule has 0 radical (unpaired) electrons. The zero-order valence-corrected chi connectivity index (χ0v) is 10.3. The predicted octanol–water partition coefficient (Wildman–Crippen LogP) is 2.25. The molecular formula is C13H14N4O. The average molecular weight is 242 g/mol. The molecule has 3 rings (SSSR count). The van der Waals surface area contributed by atoms with Gasteiger partial charge in [-0.25, -0.2) is 9.97 Å². The van der Waals surface area contributed by atoms with Crippen LogP contribution in [0.3, 0.4) is 0 Å². The maximum absolute atomic E-state index is 5.47. The number of oxazole rings is 1. The lowest BCUT2D eigenvalue weighted by atomic mass is 10.1. The third-order valence-corrected chi connectivity index (χ3v) is 2.84. The van der Waals surface area contributed by atoms with Gasteiger partial charge in [-0.15, -0.1) is 0 Å². The molecule has 0 aliphatic heterocycles. The fraction of sp³-hybridized carbons (Fsp3) is 0.231. The summed E-state index contributed by atoms with van der Waals surface area (Å²) in [6.07, 6.45) is 1.71. The van der Waals surface area contributed by atoms with E-state index in [2.05, 4.69) is 20.3 Å². The summed E-state index contributed by atoms with van der Waals surface area (Å²) in [6, 6.07) is 5.94. The second-order valence-corrected chi connectivity index (χ2v) is 4.18. The Kier molecular flexibility index (Phi) is 2.60. The molecule has 0 saturated carbocycles. The minimum atomic E-state index is 0.680. The Bertz CT molecular complexity index is 683. The summed E-state index contributed by atoms with van der Waals surface area (Å²) in [6.45, 7) is 2.60. The average Bonchev–Trinajstić information content (AvgIpc) is 2.93. The summed E-state index contributed by atoms with van der Waals surface area (Å²) in [7, 11) is 1.91. The molecule has 0 aliphatic rings. The van der Waals surface area contributed by atoms with Crippen LogP contribution in [0.1, 0.15) is 11.6 Å². The first-order valence-corrected chi connectivity index (χ1v) is 5.82. The molecule has 5 nitrogen and oxygen atoms in total. The first-order chi connectivity index (χ1) is 8.78. The Morgan fingerprint density at radius 2 is 2.28 bits per heavy atom. The summed E-state index contributed by atoms with van der Waals surface area (Å²) in [5.74, 6) is 0.680. The predicted molar refractivity (Wildman–Crippen MR) is 69.1 cm³/mol. The minimum Gasteiger partial charge on any atom is -0.441 e. The Hall–Kier alpha value is -2.14. The Labute approximate surface area is 104 Å². The second kappa shape index (κ2) is 4.27. The largest absolute Gasteiger partial charge is 0.441 e. The zero-order chi connectivity index (χ0) is 12.5. The number of rotatable bonds is 3. The summed E-state index contributed by atoms with van der Waals surface area (Å²) < 4.78 is 5.47. The topological polar surface area (TPSA) is 66.7 Å². The molecule has 1 aromatic carbocycles. The Morgan fingerprint density at radius 1 is 1.39 bits per heavy atom. The van der Waals surface area contributed by atoms with Gasteiger partial charge in [0.25, 0.3) is 0 Å². The molecule has 0 fully saturated rings. The first-order valence-electron chi connectivity index (χ1n) is 5.82. The van der Waals surface area contributed by atoms with E-state index < -0.39 is 0 Å². The van der Waals surface area contributed by atoms with Crippen molar-refractivity contribution in [1.29, 1.82) is 0 Å². The fourth-order valence-corrected chi connectivity index (χ4v) is 2.07. The molecule has 2 N–H and O–H groups in total. The molecule has 0 bridgehead atoms. The third kappa shape index (κ3) is 1.78. The van der Waals surface area contributed by atoms with Gasteiger partial charge in [-0.2, -0.15) is 0 Å². The van der Waals surface area contributed by atoms with E-state index >= 15 is 0 Å². The number of nitrogens with zero attached hydrogens (tertiary/aromatic N) is 2.